The molecule has 1 fully saturated rings. The molecule has 130 valence electrons. The van der Waals surface area contributed by atoms with E-state index in [-0.39, 0.29) is 17.7 Å². The third kappa shape index (κ3) is 4.30. The van der Waals surface area contributed by atoms with Gasteiger partial charge in [0.25, 0.3) is 11.1 Å². The van der Waals surface area contributed by atoms with Gasteiger partial charge in [-0.1, -0.05) is 13.0 Å². The number of imide groups is 1. The maximum atomic E-state index is 12.3. The van der Waals surface area contributed by atoms with E-state index in [2.05, 4.69) is 0 Å². The molecule has 0 bridgehead atoms. The zero-order valence-electron chi connectivity index (χ0n) is 14.0. The van der Waals surface area contributed by atoms with Crippen LogP contribution in [0.1, 0.15) is 18.9 Å². The lowest BCUT2D eigenvalue weighted by Crippen LogP contribution is -2.31. The highest BCUT2D eigenvalue weighted by Crippen LogP contribution is 2.34. The van der Waals surface area contributed by atoms with Gasteiger partial charge in [-0.05, 0) is 42.0 Å². The van der Waals surface area contributed by atoms with Crippen molar-refractivity contribution < 1.29 is 23.8 Å². The van der Waals surface area contributed by atoms with Crippen molar-refractivity contribution in [2.75, 3.05) is 34.0 Å². The molecule has 0 atom stereocenters. The van der Waals surface area contributed by atoms with Gasteiger partial charge in [0.1, 0.15) is 0 Å². The number of amides is 2. The van der Waals surface area contributed by atoms with Crippen LogP contribution in [0, 0.1) is 0 Å². The van der Waals surface area contributed by atoms with E-state index in [0.29, 0.717) is 29.6 Å². The fourth-order valence-corrected chi connectivity index (χ4v) is 3.00. The minimum atomic E-state index is -0.299. The molecule has 2 rings (SSSR count). The first-order valence-corrected chi connectivity index (χ1v) is 8.47. The van der Waals surface area contributed by atoms with Gasteiger partial charge in [0.05, 0.1) is 31.8 Å². The van der Waals surface area contributed by atoms with Crippen molar-refractivity contribution in [3.8, 4) is 11.5 Å². The summed E-state index contributed by atoms with van der Waals surface area (Å²) >= 11 is 0.930. The second-order valence-electron chi connectivity index (χ2n) is 5.08. The summed E-state index contributed by atoms with van der Waals surface area (Å²) in [4.78, 5) is 25.8. The Morgan fingerprint density at radius 3 is 2.62 bits per heavy atom. The van der Waals surface area contributed by atoms with Crippen molar-refractivity contribution in [2.45, 2.75) is 13.3 Å². The number of hydrogen-bond donors (Lipinski definition) is 0. The lowest BCUT2D eigenvalue weighted by molar-refractivity contribution is -0.123. The van der Waals surface area contributed by atoms with Gasteiger partial charge in [-0.25, -0.2) is 0 Å². The maximum Gasteiger partial charge on any atom is 0.293 e. The largest absolute Gasteiger partial charge is 0.493 e. The highest BCUT2D eigenvalue weighted by atomic mass is 32.2. The second kappa shape index (κ2) is 8.75. The molecule has 1 aliphatic rings. The summed E-state index contributed by atoms with van der Waals surface area (Å²) in [6, 6.07) is 5.42. The second-order valence-corrected chi connectivity index (χ2v) is 6.08. The summed E-state index contributed by atoms with van der Waals surface area (Å²) in [7, 11) is 3.10. The number of nitrogens with zero attached hydrogens (tertiary/aromatic N) is 1. The number of hydrogen-bond acceptors (Lipinski definition) is 6. The number of ether oxygens (including phenoxy) is 3. The molecule has 7 heteroatoms. The summed E-state index contributed by atoms with van der Waals surface area (Å²) < 4.78 is 15.9. The van der Waals surface area contributed by atoms with Gasteiger partial charge in [0.15, 0.2) is 11.5 Å². The standard InChI is InChI=1S/C17H21NO5S/c1-4-8-23-13-6-5-12(10-14(13)22-3)11-15-16(19)18(7-9-21-2)17(20)24-15/h5-6,10-11H,4,7-9H2,1-3H3/b15-11-. The van der Waals surface area contributed by atoms with Crippen LogP contribution in [-0.2, 0) is 9.53 Å². The SMILES string of the molecule is CCCOc1ccc(/C=C2\SC(=O)N(CCOC)C2=O)cc1OC. The van der Waals surface area contributed by atoms with Gasteiger partial charge in [0, 0.05) is 7.11 Å². The molecule has 6 nitrogen and oxygen atoms in total. The summed E-state index contributed by atoms with van der Waals surface area (Å²) in [6.45, 7) is 3.21. The fraction of sp³-hybridized carbons (Fsp3) is 0.412. The van der Waals surface area contributed by atoms with Crippen molar-refractivity contribution in [1.29, 1.82) is 0 Å². The summed E-state index contributed by atoms with van der Waals surface area (Å²) in [5, 5.41) is -0.279. The van der Waals surface area contributed by atoms with Crippen molar-refractivity contribution in [3.63, 3.8) is 0 Å². The first-order valence-electron chi connectivity index (χ1n) is 7.65. The molecule has 1 aliphatic heterocycles. The Kier molecular flexibility index (Phi) is 6.69. The molecule has 0 spiro atoms. The minimum Gasteiger partial charge on any atom is -0.493 e. The molecule has 1 aromatic carbocycles. The zero-order chi connectivity index (χ0) is 17.5. The number of carbonyl (C=O) groups excluding carboxylic acids is 2. The van der Waals surface area contributed by atoms with Gasteiger partial charge in [0.2, 0.25) is 0 Å². The smallest absolute Gasteiger partial charge is 0.293 e. The molecule has 24 heavy (non-hydrogen) atoms. The van der Waals surface area contributed by atoms with Crippen LogP contribution < -0.4 is 9.47 Å². The van der Waals surface area contributed by atoms with E-state index in [1.807, 2.05) is 13.0 Å². The maximum absolute atomic E-state index is 12.3. The lowest BCUT2D eigenvalue weighted by Gasteiger charge is -2.11. The molecule has 0 saturated carbocycles. The highest BCUT2D eigenvalue weighted by molar-refractivity contribution is 8.18. The molecule has 0 N–H and O–H groups in total. The Hall–Kier alpha value is -1.99. The van der Waals surface area contributed by atoms with Gasteiger partial charge < -0.3 is 14.2 Å². The Bertz CT molecular complexity index is 644. The van der Waals surface area contributed by atoms with Crippen LogP contribution in [0.25, 0.3) is 6.08 Å². The predicted molar refractivity (Wildman–Crippen MR) is 93.3 cm³/mol. The van der Waals surface area contributed by atoms with Gasteiger partial charge in [-0.2, -0.15) is 0 Å². The topological polar surface area (TPSA) is 65.1 Å². The Morgan fingerprint density at radius 2 is 1.96 bits per heavy atom. The molecule has 0 radical (unpaired) electrons. The average molecular weight is 351 g/mol. The molecular weight excluding hydrogens is 330 g/mol. The number of rotatable bonds is 8. The summed E-state index contributed by atoms with van der Waals surface area (Å²) in [5.74, 6) is 0.952. The van der Waals surface area contributed by atoms with Crippen LogP contribution in [0.3, 0.4) is 0 Å². The molecular formula is C17H21NO5S. The van der Waals surface area contributed by atoms with Crippen molar-refractivity contribution >= 4 is 29.0 Å². The quantitative estimate of drug-likeness (QED) is 0.670. The summed E-state index contributed by atoms with van der Waals surface area (Å²) in [6.07, 6.45) is 2.59. The van der Waals surface area contributed by atoms with Gasteiger partial charge in [-0.3, -0.25) is 14.5 Å². The first kappa shape index (κ1) is 18.4. The number of carbonyl (C=O) groups is 2. The van der Waals surface area contributed by atoms with Crippen LogP contribution in [-0.4, -0.2) is 50.0 Å². The fourth-order valence-electron chi connectivity index (χ4n) is 2.13. The van der Waals surface area contributed by atoms with E-state index in [9.17, 15) is 9.59 Å². The molecule has 1 saturated heterocycles. The third-order valence-electron chi connectivity index (χ3n) is 3.34. The van der Waals surface area contributed by atoms with Crippen LogP contribution in [0.15, 0.2) is 23.1 Å². The van der Waals surface area contributed by atoms with Crippen LogP contribution in [0.5, 0.6) is 11.5 Å². The number of thioether (sulfide) groups is 1. The lowest BCUT2D eigenvalue weighted by atomic mass is 10.2. The van der Waals surface area contributed by atoms with E-state index in [1.54, 1.807) is 25.3 Å². The molecule has 1 aromatic rings. The predicted octanol–water partition coefficient (Wildman–Crippen LogP) is 3.17. The van der Waals surface area contributed by atoms with Crippen LogP contribution >= 0.6 is 11.8 Å². The van der Waals surface area contributed by atoms with Crippen LogP contribution in [0.4, 0.5) is 4.79 Å². The third-order valence-corrected chi connectivity index (χ3v) is 4.25. The zero-order valence-corrected chi connectivity index (χ0v) is 14.9. The monoisotopic (exact) mass is 351 g/mol. The van der Waals surface area contributed by atoms with E-state index in [0.717, 1.165) is 23.7 Å². The highest BCUT2D eigenvalue weighted by Gasteiger charge is 2.34. The van der Waals surface area contributed by atoms with E-state index in [4.69, 9.17) is 14.2 Å². The molecule has 0 unspecified atom stereocenters. The normalized spacial score (nSPS) is 16.1. The average Bonchev–Trinajstić information content (AvgIpc) is 2.85. The van der Waals surface area contributed by atoms with Crippen molar-refractivity contribution in [2.24, 2.45) is 0 Å². The number of benzene rings is 1. The van der Waals surface area contributed by atoms with Gasteiger partial charge in [-0.15, -0.1) is 0 Å². The molecule has 0 aliphatic carbocycles. The Labute approximate surface area is 145 Å². The summed E-state index contributed by atoms with van der Waals surface area (Å²) in [5.41, 5.74) is 0.771. The van der Waals surface area contributed by atoms with E-state index in [1.165, 1.54) is 12.0 Å². The van der Waals surface area contributed by atoms with E-state index >= 15 is 0 Å². The Balaban J connectivity index is 2.18. The molecule has 2 amide bonds. The van der Waals surface area contributed by atoms with Crippen molar-refractivity contribution in [1.82, 2.24) is 4.90 Å². The molecule has 1 heterocycles. The first-order chi connectivity index (χ1) is 11.6. The number of methoxy groups -OCH3 is 2. The minimum absolute atomic E-state index is 0.256. The Morgan fingerprint density at radius 1 is 1.17 bits per heavy atom. The molecule has 0 aromatic heterocycles. The van der Waals surface area contributed by atoms with E-state index < -0.39 is 0 Å². The van der Waals surface area contributed by atoms with Crippen molar-refractivity contribution in [3.05, 3.63) is 28.7 Å². The van der Waals surface area contributed by atoms with Crippen LogP contribution in [0.2, 0.25) is 0 Å². The van der Waals surface area contributed by atoms with Gasteiger partial charge >= 0.3 is 0 Å².